The van der Waals surface area contributed by atoms with Gasteiger partial charge in [-0.1, -0.05) is 24.1 Å². The van der Waals surface area contributed by atoms with Crippen molar-refractivity contribution in [2.24, 2.45) is 0 Å². The van der Waals surface area contributed by atoms with Gasteiger partial charge in [0.1, 0.15) is 0 Å². The van der Waals surface area contributed by atoms with E-state index in [-0.39, 0.29) is 5.91 Å². The number of halogens is 3. The molecule has 0 heterocycles. The Balaban J connectivity index is 2.44. The maximum Gasteiger partial charge on any atom is 0.252 e. The number of alkyl halides is 1. The molecule has 0 bridgehead atoms. The molecule has 0 unspecified atom stereocenters. The van der Waals surface area contributed by atoms with Crippen molar-refractivity contribution in [2.45, 2.75) is 19.3 Å². The van der Waals surface area contributed by atoms with Crippen LogP contribution < -0.4 is 5.32 Å². The maximum atomic E-state index is 11.8. The van der Waals surface area contributed by atoms with Crippen molar-refractivity contribution in [3.63, 3.8) is 0 Å². The number of benzene rings is 1. The lowest BCUT2D eigenvalue weighted by Crippen LogP contribution is -2.24. The molecule has 0 aliphatic rings. The number of unbranched alkanes of at least 4 members (excludes halogenated alkanes) is 2. The van der Waals surface area contributed by atoms with Gasteiger partial charge in [0, 0.05) is 16.9 Å². The van der Waals surface area contributed by atoms with Crippen LogP contribution in [0.15, 0.2) is 22.7 Å². The van der Waals surface area contributed by atoms with Gasteiger partial charge >= 0.3 is 0 Å². The molecule has 0 fully saturated rings. The monoisotopic (exact) mass is 337 g/mol. The molecule has 0 spiro atoms. The second-order valence-corrected chi connectivity index (χ2v) is 5.22. The zero-order chi connectivity index (χ0) is 12.7. The van der Waals surface area contributed by atoms with Gasteiger partial charge in [0.15, 0.2) is 0 Å². The normalized spacial score (nSPS) is 10.3. The Hall–Kier alpha value is -0.250. The fourth-order valence-corrected chi connectivity index (χ4v) is 2.14. The van der Waals surface area contributed by atoms with Gasteiger partial charge in [0.05, 0.1) is 10.6 Å². The van der Waals surface area contributed by atoms with E-state index in [0.29, 0.717) is 23.0 Å². The quantitative estimate of drug-likeness (QED) is 0.610. The molecule has 1 aromatic carbocycles. The van der Waals surface area contributed by atoms with E-state index in [0.717, 1.165) is 23.7 Å². The summed E-state index contributed by atoms with van der Waals surface area (Å²) in [5, 5.41) is 3.29. The molecule has 0 aliphatic carbocycles. The molecule has 1 aromatic rings. The molecule has 1 N–H and O–H groups in total. The first-order valence-electron chi connectivity index (χ1n) is 5.45. The minimum Gasteiger partial charge on any atom is -0.352 e. The van der Waals surface area contributed by atoms with E-state index < -0.39 is 0 Å². The van der Waals surface area contributed by atoms with Crippen LogP contribution in [0.3, 0.4) is 0 Å². The van der Waals surface area contributed by atoms with Crippen molar-refractivity contribution in [1.82, 2.24) is 5.32 Å². The number of amides is 1. The van der Waals surface area contributed by atoms with Gasteiger partial charge in [-0.05, 0) is 40.9 Å². The van der Waals surface area contributed by atoms with Crippen LogP contribution in [0, 0.1) is 0 Å². The van der Waals surface area contributed by atoms with Crippen molar-refractivity contribution < 1.29 is 4.79 Å². The van der Waals surface area contributed by atoms with Crippen LogP contribution in [0.2, 0.25) is 5.02 Å². The molecular weight excluding hydrogens is 325 g/mol. The van der Waals surface area contributed by atoms with Gasteiger partial charge in [-0.25, -0.2) is 0 Å². The number of nitrogens with one attached hydrogen (secondary N) is 1. The van der Waals surface area contributed by atoms with Crippen molar-refractivity contribution in [3.05, 3.63) is 33.3 Å². The Labute approximate surface area is 120 Å². The summed E-state index contributed by atoms with van der Waals surface area (Å²) in [4.78, 5) is 11.8. The van der Waals surface area contributed by atoms with Crippen molar-refractivity contribution >= 4 is 45.0 Å². The third kappa shape index (κ3) is 4.86. The summed E-state index contributed by atoms with van der Waals surface area (Å²) in [5.41, 5.74) is 0.499. The average molecular weight is 339 g/mol. The predicted molar refractivity (Wildman–Crippen MR) is 76.1 cm³/mol. The van der Waals surface area contributed by atoms with E-state index in [9.17, 15) is 4.79 Å². The van der Waals surface area contributed by atoms with Crippen molar-refractivity contribution in [2.75, 3.05) is 12.4 Å². The topological polar surface area (TPSA) is 29.1 Å². The first kappa shape index (κ1) is 14.8. The zero-order valence-electron chi connectivity index (χ0n) is 9.31. The fraction of sp³-hybridized carbons (Fsp3) is 0.417. The second kappa shape index (κ2) is 7.96. The van der Waals surface area contributed by atoms with Gasteiger partial charge in [-0.3, -0.25) is 4.79 Å². The summed E-state index contributed by atoms with van der Waals surface area (Å²) in [5.74, 6) is 0.535. The molecule has 5 heteroatoms. The molecule has 0 radical (unpaired) electrons. The molecule has 0 aromatic heterocycles. The lowest BCUT2D eigenvalue weighted by atomic mass is 10.2. The standard InChI is InChI=1S/C12H14BrCl2NO/c13-10-6-4-5-9(11(10)15)12(17)16-8-3-1-2-7-14/h4-6H,1-3,7-8H2,(H,16,17). The highest BCUT2D eigenvalue weighted by atomic mass is 79.9. The van der Waals surface area contributed by atoms with Crippen LogP contribution in [0.1, 0.15) is 29.6 Å². The minimum atomic E-state index is -0.137. The summed E-state index contributed by atoms with van der Waals surface area (Å²) < 4.78 is 0.731. The van der Waals surface area contributed by atoms with E-state index in [1.54, 1.807) is 18.2 Å². The Bertz CT molecular complexity index is 385. The first-order valence-corrected chi connectivity index (χ1v) is 7.15. The van der Waals surface area contributed by atoms with Crippen molar-refractivity contribution in [1.29, 1.82) is 0 Å². The number of carbonyl (C=O) groups excluding carboxylic acids is 1. The minimum absolute atomic E-state index is 0.137. The molecule has 0 aliphatic heterocycles. The van der Waals surface area contributed by atoms with Crippen LogP contribution >= 0.6 is 39.1 Å². The van der Waals surface area contributed by atoms with Crippen LogP contribution in [0.5, 0.6) is 0 Å². The van der Waals surface area contributed by atoms with Crippen molar-refractivity contribution in [3.8, 4) is 0 Å². The molecule has 0 saturated carbocycles. The molecular formula is C12H14BrCl2NO. The summed E-state index contributed by atoms with van der Waals surface area (Å²) in [7, 11) is 0. The number of carbonyl (C=O) groups is 1. The number of hydrogen-bond donors (Lipinski definition) is 1. The zero-order valence-corrected chi connectivity index (χ0v) is 12.4. The highest BCUT2D eigenvalue weighted by Gasteiger charge is 2.11. The molecule has 0 saturated heterocycles. The highest BCUT2D eigenvalue weighted by molar-refractivity contribution is 9.10. The van der Waals surface area contributed by atoms with E-state index in [4.69, 9.17) is 23.2 Å². The molecule has 2 nitrogen and oxygen atoms in total. The third-order valence-corrected chi connectivity index (χ3v) is 3.86. The average Bonchev–Trinajstić information content (AvgIpc) is 2.32. The lowest BCUT2D eigenvalue weighted by Gasteiger charge is -2.07. The molecule has 0 atom stereocenters. The van der Waals surface area contributed by atoms with Gasteiger partial charge in [-0.2, -0.15) is 0 Å². The highest BCUT2D eigenvalue weighted by Crippen LogP contribution is 2.25. The largest absolute Gasteiger partial charge is 0.352 e. The van der Waals surface area contributed by atoms with Crippen LogP contribution in [-0.4, -0.2) is 18.3 Å². The van der Waals surface area contributed by atoms with Gasteiger partial charge < -0.3 is 5.32 Å². The van der Waals surface area contributed by atoms with E-state index >= 15 is 0 Å². The Morgan fingerprint density at radius 2 is 2.06 bits per heavy atom. The van der Waals surface area contributed by atoms with E-state index in [1.165, 1.54) is 0 Å². The van der Waals surface area contributed by atoms with E-state index in [2.05, 4.69) is 21.2 Å². The fourth-order valence-electron chi connectivity index (χ4n) is 1.37. The number of hydrogen-bond acceptors (Lipinski definition) is 1. The maximum absolute atomic E-state index is 11.8. The molecule has 1 amide bonds. The smallest absolute Gasteiger partial charge is 0.252 e. The molecule has 1 rings (SSSR count). The van der Waals surface area contributed by atoms with E-state index in [1.807, 2.05) is 0 Å². The third-order valence-electron chi connectivity index (χ3n) is 2.29. The summed E-state index contributed by atoms with van der Waals surface area (Å²) in [6, 6.07) is 5.30. The van der Waals surface area contributed by atoms with Crippen LogP contribution in [0.25, 0.3) is 0 Å². The van der Waals surface area contributed by atoms with Gasteiger partial charge in [0.25, 0.3) is 5.91 Å². The summed E-state index contributed by atoms with van der Waals surface area (Å²) in [6.07, 6.45) is 2.94. The summed E-state index contributed by atoms with van der Waals surface area (Å²) >= 11 is 14.9. The first-order chi connectivity index (χ1) is 8.16. The van der Waals surface area contributed by atoms with Gasteiger partial charge in [0.2, 0.25) is 0 Å². The van der Waals surface area contributed by atoms with Gasteiger partial charge in [-0.15, -0.1) is 11.6 Å². The number of rotatable bonds is 6. The lowest BCUT2D eigenvalue weighted by molar-refractivity contribution is 0.0953. The SMILES string of the molecule is O=C(NCCCCCCl)c1cccc(Br)c1Cl. The predicted octanol–water partition coefficient (Wildman–Crippen LogP) is 4.24. The summed E-state index contributed by atoms with van der Waals surface area (Å²) in [6.45, 7) is 0.651. The Kier molecular flexibility index (Phi) is 6.93. The Morgan fingerprint density at radius 3 is 2.76 bits per heavy atom. The molecule has 17 heavy (non-hydrogen) atoms. The Morgan fingerprint density at radius 1 is 1.29 bits per heavy atom. The second-order valence-electron chi connectivity index (χ2n) is 3.61. The van der Waals surface area contributed by atoms with Crippen LogP contribution in [0.4, 0.5) is 0 Å². The molecule has 94 valence electrons. The van der Waals surface area contributed by atoms with Crippen LogP contribution in [-0.2, 0) is 0 Å².